The van der Waals surface area contributed by atoms with E-state index in [0.29, 0.717) is 5.56 Å². The molecule has 1 atom stereocenters. The lowest BCUT2D eigenvalue weighted by molar-refractivity contribution is -0.384. The molecule has 1 amide bonds. The molecule has 1 unspecified atom stereocenters. The molecule has 0 aliphatic heterocycles. The smallest absolute Gasteiger partial charge is 0.269 e. The van der Waals surface area contributed by atoms with E-state index in [0.717, 1.165) is 0 Å². The maximum absolute atomic E-state index is 11.7. The lowest BCUT2D eigenvalue weighted by Crippen LogP contribution is -2.44. The molecule has 0 aliphatic carbocycles. The molecule has 0 spiro atoms. The number of nitrogens with zero attached hydrogens (tertiary/aromatic N) is 1. The molecular formula is C13H18N2O5. The molecule has 0 fully saturated rings. The van der Waals surface area contributed by atoms with Crippen LogP contribution in [-0.4, -0.2) is 41.8 Å². The Kier molecular flexibility index (Phi) is 5.60. The van der Waals surface area contributed by atoms with Crippen LogP contribution in [0.4, 0.5) is 5.69 Å². The number of rotatable bonds is 7. The second kappa shape index (κ2) is 6.97. The number of carbonyl (C=O) groups excluding carboxylic acids is 1. The van der Waals surface area contributed by atoms with Crippen LogP contribution >= 0.6 is 0 Å². The fourth-order valence-corrected chi connectivity index (χ4v) is 1.63. The maximum atomic E-state index is 11.7. The Morgan fingerprint density at radius 3 is 2.55 bits per heavy atom. The Hall–Kier alpha value is -1.99. The number of hydrogen-bond donors (Lipinski definition) is 2. The minimum Gasteiger partial charge on any atom is -0.386 e. The summed E-state index contributed by atoms with van der Waals surface area (Å²) in [5.41, 5.74) is -0.475. The zero-order chi connectivity index (χ0) is 15.2. The van der Waals surface area contributed by atoms with Crippen molar-refractivity contribution in [1.82, 2.24) is 5.32 Å². The van der Waals surface area contributed by atoms with E-state index in [2.05, 4.69) is 5.32 Å². The van der Waals surface area contributed by atoms with Crippen molar-refractivity contribution in [3.8, 4) is 0 Å². The first-order valence-corrected chi connectivity index (χ1v) is 6.05. The predicted octanol–water partition coefficient (Wildman–Crippen LogP) is 0.651. The number of hydrogen-bond acceptors (Lipinski definition) is 5. The summed E-state index contributed by atoms with van der Waals surface area (Å²) in [7, 11) is 1.47. The number of amides is 1. The highest BCUT2D eigenvalue weighted by atomic mass is 16.6. The SMILES string of the molecule is COCC(C)(O)CNC(=O)Cc1ccc([N+](=O)[O-])cc1. The van der Waals surface area contributed by atoms with Crippen LogP contribution in [0.1, 0.15) is 12.5 Å². The third kappa shape index (κ3) is 5.33. The van der Waals surface area contributed by atoms with Crippen molar-refractivity contribution < 1.29 is 19.6 Å². The molecule has 0 saturated carbocycles. The fraction of sp³-hybridized carbons (Fsp3) is 0.462. The van der Waals surface area contributed by atoms with Gasteiger partial charge in [0.25, 0.3) is 5.69 Å². The van der Waals surface area contributed by atoms with Gasteiger partial charge in [0.2, 0.25) is 5.91 Å². The van der Waals surface area contributed by atoms with Gasteiger partial charge < -0.3 is 15.2 Å². The van der Waals surface area contributed by atoms with Crippen molar-refractivity contribution in [2.45, 2.75) is 18.9 Å². The highest BCUT2D eigenvalue weighted by Gasteiger charge is 2.20. The van der Waals surface area contributed by atoms with Gasteiger partial charge in [0, 0.05) is 25.8 Å². The molecular weight excluding hydrogens is 264 g/mol. The molecule has 7 nitrogen and oxygen atoms in total. The Labute approximate surface area is 116 Å². The number of nitro benzene ring substituents is 1. The van der Waals surface area contributed by atoms with Gasteiger partial charge in [0.1, 0.15) is 5.60 Å². The Bertz CT molecular complexity index is 470. The molecule has 0 aliphatic rings. The van der Waals surface area contributed by atoms with Crippen LogP contribution in [0.15, 0.2) is 24.3 Å². The summed E-state index contributed by atoms with van der Waals surface area (Å²) in [6, 6.07) is 5.77. The van der Waals surface area contributed by atoms with Crippen LogP contribution in [0.3, 0.4) is 0 Å². The Morgan fingerprint density at radius 2 is 2.05 bits per heavy atom. The average Bonchev–Trinajstić information content (AvgIpc) is 2.37. The van der Waals surface area contributed by atoms with Gasteiger partial charge in [-0.15, -0.1) is 0 Å². The van der Waals surface area contributed by atoms with Gasteiger partial charge in [0.15, 0.2) is 0 Å². The zero-order valence-corrected chi connectivity index (χ0v) is 11.5. The van der Waals surface area contributed by atoms with Gasteiger partial charge in [-0.3, -0.25) is 14.9 Å². The summed E-state index contributed by atoms with van der Waals surface area (Å²) in [5.74, 6) is -0.268. The lowest BCUT2D eigenvalue weighted by Gasteiger charge is -2.22. The highest BCUT2D eigenvalue weighted by Crippen LogP contribution is 2.12. The summed E-state index contributed by atoms with van der Waals surface area (Å²) < 4.78 is 4.83. The number of methoxy groups -OCH3 is 1. The highest BCUT2D eigenvalue weighted by molar-refractivity contribution is 5.78. The molecule has 0 saturated heterocycles. The van der Waals surface area contributed by atoms with Crippen molar-refractivity contribution in [3.05, 3.63) is 39.9 Å². The van der Waals surface area contributed by atoms with Crippen molar-refractivity contribution >= 4 is 11.6 Å². The molecule has 110 valence electrons. The van der Waals surface area contributed by atoms with Crippen LogP contribution in [0.5, 0.6) is 0 Å². The summed E-state index contributed by atoms with van der Waals surface area (Å²) >= 11 is 0. The number of aliphatic hydroxyl groups is 1. The normalized spacial score (nSPS) is 13.6. The molecule has 1 aromatic carbocycles. The number of nitrogens with one attached hydrogen (secondary N) is 1. The minimum atomic E-state index is -1.13. The van der Waals surface area contributed by atoms with Crippen molar-refractivity contribution in [2.24, 2.45) is 0 Å². The first-order chi connectivity index (χ1) is 9.34. The quantitative estimate of drug-likeness (QED) is 0.565. The molecule has 1 aromatic rings. The maximum Gasteiger partial charge on any atom is 0.269 e. The second-order valence-electron chi connectivity index (χ2n) is 4.81. The van der Waals surface area contributed by atoms with Gasteiger partial charge in [-0.2, -0.15) is 0 Å². The summed E-state index contributed by atoms with van der Waals surface area (Å²) in [4.78, 5) is 21.7. The molecule has 0 heterocycles. The van der Waals surface area contributed by atoms with E-state index < -0.39 is 10.5 Å². The van der Waals surface area contributed by atoms with E-state index in [-0.39, 0.29) is 31.2 Å². The average molecular weight is 282 g/mol. The zero-order valence-electron chi connectivity index (χ0n) is 11.5. The van der Waals surface area contributed by atoms with Gasteiger partial charge in [-0.25, -0.2) is 0 Å². The number of benzene rings is 1. The topological polar surface area (TPSA) is 102 Å². The minimum absolute atomic E-state index is 0.0165. The first-order valence-electron chi connectivity index (χ1n) is 6.05. The van der Waals surface area contributed by atoms with E-state index >= 15 is 0 Å². The monoisotopic (exact) mass is 282 g/mol. The van der Waals surface area contributed by atoms with Crippen LogP contribution < -0.4 is 5.32 Å². The molecule has 7 heteroatoms. The van der Waals surface area contributed by atoms with Crippen LogP contribution in [0.25, 0.3) is 0 Å². The molecule has 20 heavy (non-hydrogen) atoms. The summed E-state index contributed by atoms with van der Waals surface area (Å²) in [6.07, 6.45) is 0.0983. The largest absolute Gasteiger partial charge is 0.386 e. The van der Waals surface area contributed by atoms with Gasteiger partial charge in [-0.1, -0.05) is 12.1 Å². The Morgan fingerprint density at radius 1 is 1.45 bits per heavy atom. The van der Waals surface area contributed by atoms with E-state index in [1.807, 2.05) is 0 Å². The third-order valence-corrected chi connectivity index (χ3v) is 2.63. The number of ether oxygens (including phenoxy) is 1. The summed E-state index contributed by atoms with van der Waals surface area (Å²) in [6.45, 7) is 1.75. The van der Waals surface area contributed by atoms with Crippen molar-refractivity contribution in [2.75, 3.05) is 20.3 Å². The molecule has 1 rings (SSSR count). The molecule has 2 N–H and O–H groups in total. The molecule has 0 aromatic heterocycles. The number of carbonyl (C=O) groups is 1. The molecule has 0 radical (unpaired) electrons. The lowest BCUT2D eigenvalue weighted by atomic mass is 10.1. The van der Waals surface area contributed by atoms with Crippen LogP contribution in [-0.2, 0) is 16.0 Å². The number of nitro groups is 1. The molecule has 0 bridgehead atoms. The van der Waals surface area contributed by atoms with E-state index in [1.54, 1.807) is 6.92 Å². The predicted molar refractivity (Wildman–Crippen MR) is 72.3 cm³/mol. The first kappa shape index (κ1) is 16.1. The van der Waals surface area contributed by atoms with E-state index in [9.17, 15) is 20.0 Å². The van der Waals surface area contributed by atoms with Gasteiger partial charge in [-0.05, 0) is 12.5 Å². The van der Waals surface area contributed by atoms with Gasteiger partial charge >= 0.3 is 0 Å². The fourth-order valence-electron chi connectivity index (χ4n) is 1.63. The van der Waals surface area contributed by atoms with Crippen molar-refractivity contribution in [1.29, 1.82) is 0 Å². The standard InChI is InChI=1S/C13H18N2O5/c1-13(17,9-20-2)8-14-12(16)7-10-3-5-11(6-4-10)15(18)19/h3-6,17H,7-9H2,1-2H3,(H,14,16). The van der Waals surface area contributed by atoms with Crippen molar-refractivity contribution in [3.63, 3.8) is 0 Å². The van der Waals surface area contributed by atoms with E-state index in [1.165, 1.54) is 31.4 Å². The number of non-ortho nitro benzene ring substituents is 1. The second-order valence-corrected chi connectivity index (χ2v) is 4.81. The van der Waals surface area contributed by atoms with E-state index in [4.69, 9.17) is 4.74 Å². The van der Waals surface area contributed by atoms with Gasteiger partial charge in [0.05, 0.1) is 18.0 Å². The van der Waals surface area contributed by atoms with Crippen LogP contribution in [0, 0.1) is 10.1 Å². The van der Waals surface area contributed by atoms with Crippen LogP contribution in [0.2, 0.25) is 0 Å². The third-order valence-electron chi connectivity index (χ3n) is 2.63. The summed E-state index contributed by atoms with van der Waals surface area (Å²) in [5, 5.41) is 22.9. The Balaban J connectivity index is 2.48.